The highest BCUT2D eigenvalue weighted by atomic mass is 32.2. The first kappa shape index (κ1) is 15.5. The summed E-state index contributed by atoms with van der Waals surface area (Å²) in [4.78, 5) is 23.7. The van der Waals surface area contributed by atoms with Gasteiger partial charge in [-0.15, -0.1) is 0 Å². The summed E-state index contributed by atoms with van der Waals surface area (Å²) in [5.41, 5.74) is -1.23. The summed E-state index contributed by atoms with van der Waals surface area (Å²) in [6, 6.07) is 12.0. The largest absolute Gasteiger partial charge is 0.479 e. The monoisotopic (exact) mass is 333 g/mol. The first-order chi connectivity index (χ1) is 11.1. The lowest BCUT2D eigenvalue weighted by Gasteiger charge is -2.23. The second-order valence-corrected chi connectivity index (χ2v) is 6.28. The third-order valence-corrected chi connectivity index (χ3v) is 4.74. The van der Waals surface area contributed by atoms with Crippen molar-refractivity contribution >= 4 is 23.6 Å². The number of carboxylic acids is 1. The van der Waals surface area contributed by atoms with Gasteiger partial charge in [0.2, 0.25) is 0 Å². The lowest BCUT2D eigenvalue weighted by molar-refractivity contribution is -0.143. The first-order valence-corrected chi connectivity index (χ1v) is 8.21. The number of thioether (sulfide) groups is 1. The molecule has 23 heavy (non-hydrogen) atoms. The van der Waals surface area contributed by atoms with Crippen LogP contribution in [0.4, 0.5) is 0 Å². The molecule has 0 saturated carbocycles. The molecule has 1 aromatic carbocycles. The molecular formula is C16H15NO5S. The van der Waals surface area contributed by atoms with E-state index in [0.29, 0.717) is 23.7 Å². The number of rotatable bonds is 5. The zero-order valence-electron chi connectivity index (χ0n) is 12.2. The van der Waals surface area contributed by atoms with Crippen molar-refractivity contribution in [2.75, 3.05) is 11.5 Å². The van der Waals surface area contributed by atoms with Crippen LogP contribution in [-0.2, 0) is 4.79 Å². The van der Waals surface area contributed by atoms with E-state index >= 15 is 0 Å². The zero-order chi connectivity index (χ0) is 16.3. The highest BCUT2D eigenvalue weighted by Crippen LogP contribution is 2.29. The molecule has 0 bridgehead atoms. The maximum atomic E-state index is 12.2. The molecule has 1 fully saturated rings. The van der Waals surface area contributed by atoms with Crippen LogP contribution in [0.2, 0.25) is 0 Å². The molecule has 1 aliphatic heterocycles. The molecule has 7 heteroatoms. The molecule has 1 amide bonds. The summed E-state index contributed by atoms with van der Waals surface area (Å²) in [6.07, 6.45) is 0.396. The Balaban J connectivity index is 1.70. The van der Waals surface area contributed by atoms with Crippen LogP contribution in [-0.4, -0.2) is 34.0 Å². The lowest BCUT2D eigenvalue weighted by Crippen LogP contribution is -2.54. The van der Waals surface area contributed by atoms with Crippen LogP contribution in [0.25, 0.3) is 0 Å². The smallest absolute Gasteiger partial charge is 0.330 e. The number of para-hydroxylation sites is 1. The van der Waals surface area contributed by atoms with E-state index in [2.05, 4.69) is 5.32 Å². The maximum absolute atomic E-state index is 12.2. The first-order valence-electron chi connectivity index (χ1n) is 7.05. The number of amides is 1. The number of aliphatic carboxylic acids is 1. The van der Waals surface area contributed by atoms with Crippen LogP contribution in [0.15, 0.2) is 46.9 Å². The number of carbonyl (C=O) groups excluding carboxylic acids is 1. The number of hydrogen-bond donors (Lipinski definition) is 2. The highest BCUT2D eigenvalue weighted by Gasteiger charge is 2.43. The number of hydrogen-bond acceptors (Lipinski definition) is 5. The summed E-state index contributed by atoms with van der Waals surface area (Å²) in [6.45, 7) is 0. The van der Waals surface area contributed by atoms with Crippen LogP contribution in [0.1, 0.15) is 17.0 Å². The SMILES string of the molecule is O=C(NC1(C(=O)O)CCSC1)c1ccc(Oc2ccccc2)o1. The summed E-state index contributed by atoms with van der Waals surface area (Å²) >= 11 is 1.50. The Labute approximate surface area is 136 Å². The Morgan fingerprint density at radius 2 is 2.00 bits per heavy atom. The van der Waals surface area contributed by atoms with E-state index in [1.807, 2.05) is 18.2 Å². The van der Waals surface area contributed by atoms with E-state index in [-0.39, 0.29) is 11.7 Å². The minimum Gasteiger partial charge on any atom is -0.479 e. The topological polar surface area (TPSA) is 88.8 Å². The van der Waals surface area contributed by atoms with E-state index in [0.717, 1.165) is 0 Å². The number of nitrogens with one attached hydrogen (secondary N) is 1. The van der Waals surface area contributed by atoms with Crippen molar-refractivity contribution in [2.24, 2.45) is 0 Å². The average molecular weight is 333 g/mol. The van der Waals surface area contributed by atoms with Crippen LogP contribution < -0.4 is 10.1 Å². The predicted molar refractivity (Wildman–Crippen MR) is 85.0 cm³/mol. The van der Waals surface area contributed by atoms with Crippen molar-refractivity contribution in [2.45, 2.75) is 12.0 Å². The Kier molecular flexibility index (Phi) is 4.29. The van der Waals surface area contributed by atoms with Gasteiger partial charge in [-0.2, -0.15) is 11.8 Å². The fourth-order valence-corrected chi connectivity index (χ4v) is 3.59. The average Bonchev–Trinajstić information content (AvgIpc) is 3.18. The normalized spacial score (nSPS) is 20.2. The molecule has 2 aromatic rings. The number of carbonyl (C=O) groups is 2. The van der Waals surface area contributed by atoms with Crippen LogP contribution in [0.5, 0.6) is 11.7 Å². The van der Waals surface area contributed by atoms with Gasteiger partial charge in [0.25, 0.3) is 11.9 Å². The molecule has 0 radical (unpaired) electrons. The fourth-order valence-electron chi connectivity index (χ4n) is 2.27. The van der Waals surface area contributed by atoms with Crippen molar-refractivity contribution in [1.82, 2.24) is 5.32 Å². The Morgan fingerprint density at radius 3 is 2.65 bits per heavy atom. The molecule has 1 aliphatic rings. The lowest BCUT2D eigenvalue weighted by atomic mass is 9.99. The van der Waals surface area contributed by atoms with Crippen molar-refractivity contribution < 1.29 is 23.8 Å². The number of carboxylic acid groups (broad SMARTS) is 1. The van der Waals surface area contributed by atoms with Crippen molar-refractivity contribution in [1.29, 1.82) is 0 Å². The van der Waals surface area contributed by atoms with Crippen molar-refractivity contribution in [3.63, 3.8) is 0 Å². The maximum Gasteiger partial charge on any atom is 0.330 e. The van der Waals surface area contributed by atoms with Crippen molar-refractivity contribution in [3.05, 3.63) is 48.2 Å². The van der Waals surface area contributed by atoms with E-state index in [4.69, 9.17) is 9.15 Å². The van der Waals surface area contributed by atoms with E-state index in [1.165, 1.54) is 23.9 Å². The third-order valence-electron chi connectivity index (χ3n) is 3.55. The van der Waals surface area contributed by atoms with E-state index in [1.54, 1.807) is 12.1 Å². The molecule has 1 unspecified atom stereocenters. The van der Waals surface area contributed by atoms with Gasteiger partial charge in [0.05, 0.1) is 0 Å². The van der Waals surface area contributed by atoms with Gasteiger partial charge in [0.15, 0.2) is 5.76 Å². The highest BCUT2D eigenvalue weighted by molar-refractivity contribution is 7.99. The minimum atomic E-state index is -1.23. The van der Waals surface area contributed by atoms with Gasteiger partial charge in [0.1, 0.15) is 11.3 Å². The van der Waals surface area contributed by atoms with Gasteiger partial charge < -0.3 is 19.6 Å². The molecule has 0 aliphatic carbocycles. The van der Waals surface area contributed by atoms with E-state index in [9.17, 15) is 14.7 Å². The third kappa shape index (κ3) is 3.34. The molecule has 6 nitrogen and oxygen atoms in total. The summed E-state index contributed by atoms with van der Waals surface area (Å²) < 4.78 is 10.8. The second kappa shape index (κ2) is 6.37. The van der Waals surface area contributed by atoms with Crippen LogP contribution in [0, 0.1) is 0 Å². The van der Waals surface area contributed by atoms with Crippen LogP contribution >= 0.6 is 11.8 Å². The Bertz CT molecular complexity index is 706. The molecular weight excluding hydrogens is 318 g/mol. The molecule has 1 atom stereocenters. The molecule has 2 N–H and O–H groups in total. The second-order valence-electron chi connectivity index (χ2n) is 5.18. The Hall–Kier alpha value is -2.41. The molecule has 1 saturated heterocycles. The van der Waals surface area contributed by atoms with Crippen molar-refractivity contribution in [3.8, 4) is 11.7 Å². The van der Waals surface area contributed by atoms with Gasteiger partial charge >= 0.3 is 5.97 Å². The Morgan fingerprint density at radius 1 is 1.22 bits per heavy atom. The van der Waals surface area contributed by atoms with Gasteiger partial charge in [-0.05, 0) is 30.4 Å². The van der Waals surface area contributed by atoms with Crippen LogP contribution in [0.3, 0.4) is 0 Å². The number of ether oxygens (including phenoxy) is 1. The van der Waals surface area contributed by atoms with Gasteiger partial charge in [-0.3, -0.25) is 4.79 Å². The van der Waals surface area contributed by atoms with Gasteiger partial charge in [0, 0.05) is 11.8 Å². The standard InChI is InChI=1S/C16H15NO5S/c18-14(17-16(15(19)20)8-9-23-10-16)12-6-7-13(22-12)21-11-4-2-1-3-5-11/h1-7H,8-10H2,(H,17,18)(H,19,20). The summed E-state index contributed by atoms with van der Waals surface area (Å²) in [5.74, 6) is 0.249. The zero-order valence-corrected chi connectivity index (χ0v) is 13.0. The molecule has 2 heterocycles. The molecule has 3 rings (SSSR count). The quantitative estimate of drug-likeness (QED) is 0.874. The summed E-state index contributed by atoms with van der Waals surface area (Å²) in [7, 11) is 0. The minimum absolute atomic E-state index is 0.0217. The van der Waals surface area contributed by atoms with Gasteiger partial charge in [-0.25, -0.2) is 4.79 Å². The fraction of sp³-hybridized carbons (Fsp3) is 0.250. The number of furan rings is 1. The number of benzene rings is 1. The van der Waals surface area contributed by atoms with E-state index < -0.39 is 17.4 Å². The predicted octanol–water partition coefficient (Wildman–Crippen LogP) is 2.76. The molecule has 120 valence electrons. The summed E-state index contributed by atoms with van der Waals surface area (Å²) in [5, 5.41) is 12.0. The molecule has 1 aromatic heterocycles. The van der Waals surface area contributed by atoms with Gasteiger partial charge in [-0.1, -0.05) is 18.2 Å². The molecule has 0 spiro atoms.